The molecule has 0 bridgehead atoms. The van der Waals surface area contributed by atoms with E-state index in [1.54, 1.807) is 0 Å². The second kappa shape index (κ2) is 12.0. The van der Waals surface area contributed by atoms with Crippen LogP contribution in [0.3, 0.4) is 0 Å². The lowest BCUT2D eigenvalue weighted by atomic mass is 10.0. The molecule has 0 aliphatic heterocycles. The van der Waals surface area contributed by atoms with Gasteiger partial charge in [-0.2, -0.15) is 0 Å². The molecular weight excluding hydrogens is 546 g/mol. The standard InChI is InChI=1S/C24H22NO.C11H12O.BrH/c1-17-12-21-15-22(24(26)23(21)13-18(17)2)14-19-8-10-25(11-9-19)16-20-6-4-3-5-7-20;1-7-5-9-3-4-11(12)10(9)6-8(7)2;/h3-14H,15-16H2,1-2H3;5-6H,3-4H2,1-2H3;1H/q+1;;/p-1/b22-14+;;. The Balaban J connectivity index is 0.000000228. The Labute approximate surface area is 242 Å². The van der Waals surface area contributed by atoms with Crippen molar-refractivity contribution in [3.8, 4) is 0 Å². The Morgan fingerprint density at radius 1 is 0.718 bits per heavy atom. The van der Waals surface area contributed by atoms with Crippen LogP contribution in [0, 0.1) is 27.7 Å². The van der Waals surface area contributed by atoms with Crippen LogP contribution < -0.4 is 21.5 Å². The number of hydrogen-bond donors (Lipinski definition) is 0. The van der Waals surface area contributed by atoms with E-state index in [4.69, 9.17) is 0 Å². The van der Waals surface area contributed by atoms with Crippen LogP contribution in [0.15, 0.2) is 84.7 Å². The number of nitrogens with zero attached hydrogens (tertiary/aromatic N) is 1. The number of halogens is 1. The second-order valence-electron chi connectivity index (χ2n) is 10.6. The summed E-state index contributed by atoms with van der Waals surface area (Å²) in [5.74, 6) is 0.484. The smallest absolute Gasteiger partial charge is 0.189 e. The molecule has 1 aromatic heterocycles. The molecule has 6 rings (SSSR count). The fourth-order valence-electron chi connectivity index (χ4n) is 5.20. The number of aryl methyl sites for hydroxylation is 5. The van der Waals surface area contributed by atoms with E-state index in [9.17, 15) is 9.59 Å². The molecule has 3 aromatic carbocycles. The lowest BCUT2D eigenvalue weighted by Crippen LogP contribution is -3.00. The molecule has 0 radical (unpaired) electrons. The summed E-state index contributed by atoms with van der Waals surface area (Å²) in [7, 11) is 0. The van der Waals surface area contributed by atoms with Crippen LogP contribution in [0.2, 0.25) is 0 Å². The van der Waals surface area contributed by atoms with Crippen molar-refractivity contribution in [3.63, 3.8) is 0 Å². The quantitative estimate of drug-likeness (QED) is 0.273. The average Bonchev–Trinajstić information content (AvgIpc) is 3.40. The molecule has 0 saturated carbocycles. The van der Waals surface area contributed by atoms with Gasteiger partial charge < -0.3 is 17.0 Å². The maximum Gasteiger partial charge on any atom is 0.189 e. The van der Waals surface area contributed by atoms with Crippen molar-refractivity contribution in [2.24, 2.45) is 0 Å². The largest absolute Gasteiger partial charge is 1.00 e. The number of fused-ring (bicyclic) bond motifs is 2. The fourth-order valence-corrected chi connectivity index (χ4v) is 5.20. The van der Waals surface area contributed by atoms with Crippen molar-refractivity contribution in [2.75, 3.05) is 0 Å². The number of pyridine rings is 1. The van der Waals surface area contributed by atoms with E-state index < -0.39 is 0 Å². The van der Waals surface area contributed by atoms with Crippen molar-refractivity contribution in [1.82, 2.24) is 0 Å². The highest BCUT2D eigenvalue weighted by atomic mass is 79.9. The fraction of sp³-hybridized carbons (Fsp3) is 0.229. The Morgan fingerprint density at radius 3 is 1.97 bits per heavy atom. The first kappa shape index (κ1) is 28.4. The molecule has 4 heteroatoms. The molecule has 2 aliphatic carbocycles. The zero-order valence-corrected chi connectivity index (χ0v) is 24.6. The van der Waals surface area contributed by atoms with Gasteiger partial charge in [-0.05, 0) is 91.3 Å². The lowest BCUT2D eigenvalue weighted by Gasteiger charge is -2.03. The third-order valence-electron chi connectivity index (χ3n) is 7.74. The molecular formula is C35H34BrNO2. The Hall–Kier alpha value is -3.63. The van der Waals surface area contributed by atoms with E-state index in [2.05, 4.69) is 93.2 Å². The van der Waals surface area contributed by atoms with Gasteiger partial charge in [0.25, 0.3) is 0 Å². The van der Waals surface area contributed by atoms with Gasteiger partial charge in [-0.25, -0.2) is 4.57 Å². The molecule has 3 nitrogen and oxygen atoms in total. The normalized spacial score (nSPS) is 14.4. The summed E-state index contributed by atoms with van der Waals surface area (Å²) in [6, 6.07) is 22.9. The number of ketones is 2. The number of hydrogen-bond acceptors (Lipinski definition) is 2. The third kappa shape index (κ3) is 6.34. The Morgan fingerprint density at radius 2 is 1.31 bits per heavy atom. The monoisotopic (exact) mass is 579 g/mol. The van der Waals surface area contributed by atoms with E-state index in [-0.39, 0.29) is 22.8 Å². The molecule has 39 heavy (non-hydrogen) atoms. The molecule has 1 heterocycles. The van der Waals surface area contributed by atoms with Gasteiger partial charge in [0.05, 0.1) is 0 Å². The zero-order valence-electron chi connectivity index (χ0n) is 23.1. The maximum atomic E-state index is 12.7. The van der Waals surface area contributed by atoms with Crippen LogP contribution in [0.25, 0.3) is 6.08 Å². The summed E-state index contributed by atoms with van der Waals surface area (Å²) < 4.78 is 2.15. The summed E-state index contributed by atoms with van der Waals surface area (Å²) in [6.07, 6.45) is 8.54. The summed E-state index contributed by atoms with van der Waals surface area (Å²) in [6.45, 7) is 9.16. The molecule has 4 aromatic rings. The molecule has 0 spiro atoms. The van der Waals surface area contributed by atoms with Crippen molar-refractivity contribution in [3.05, 3.63) is 140 Å². The summed E-state index contributed by atoms with van der Waals surface area (Å²) in [5, 5.41) is 0. The van der Waals surface area contributed by atoms with Crippen LogP contribution in [0.1, 0.15) is 71.6 Å². The number of Topliss-reactive ketones (excluding diaryl/α,β-unsaturated/α-hetero) is 2. The van der Waals surface area contributed by atoms with Gasteiger partial charge in [-0.3, -0.25) is 9.59 Å². The van der Waals surface area contributed by atoms with Crippen LogP contribution >= 0.6 is 0 Å². The molecule has 198 valence electrons. The molecule has 0 unspecified atom stereocenters. The van der Waals surface area contributed by atoms with Gasteiger partial charge in [0.2, 0.25) is 0 Å². The van der Waals surface area contributed by atoms with Crippen LogP contribution in [0.5, 0.6) is 0 Å². The first-order valence-electron chi connectivity index (χ1n) is 13.3. The van der Waals surface area contributed by atoms with E-state index >= 15 is 0 Å². The van der Waals surface area contributed by atoms with E-state index in [0.29, 0.717) is 12.2 Å². The van der Waals surface area contributed by atoms with Gasteiger partial charge in [-0.1, -0.05) is 42.5 Å². The van der Waals surface area contributed by atoms with E-state index in [1.165, 1.54) is 33.4 Å². The summed E-state index contributed by atoms with van der Waals surface area (Å²) >= 11 is 0. The van der Waals surface area contributed by atoms with Gasteiger partial charge in [0.15, 0.2) is 30.5 Å². The summed E-state index contributed by atoms with van der Waals surface area (Å²) in [5.41, 5.74) is 12.4. The topological polar surface area (TPSA) is 38.0 Å². The van der Waals surface area contributed by atoms with Crippen LogP contribution in [-0.4, -0.2) is 11.6 Å². The van der Waals surface area contributed by atoms with E-state index in [0.717, 1.165) is 47.2 Å². The number of aromatic nitrogens is 1. The first-order chi connectivity index (χ1) is 18.3. The lowest BCUT2D eigenvalue weighted by molar-refractivity contribution is -0.688. The predicted octanol–water partition coefficient (Wildman–Crippen LogP) is 3.90. The third-order valence-corrected chi connectivity index (χ3v) is 7.74. The van der Waals surface area contributed by atoms with Crippen molar-refractivity contribution in [1.29, 1.82) is 0 Å². The second-order valence-corrected chi connectivity index (χ2v) is 10.6. The highest BCUT2D eigenvalue weighted by Crippen LogP contribution is 2.30. The van der Waals surface area contributed by atoms with Crippen LogP contribution in [-0.2, 0) is 19.4 Å². The average molecular weight is 581 g/mol. The molecule has 0 N–H and O–H groups in total. The Kier molecular flexibility index (Phi) is 8.76. The van der Waals surface area contributed by atoms with Gasteiger partial charge in [0, 0.05) is 47.2 Å². The highest BCUT2D eigenvalue weighted by molar-refractivity contribution is 6.15. The number of carbonyl (C=O) groups is 2. The van der Waals surface area contributed by atoms with Crippen molar-refractivity contribution in [2.45, 2.75) is 53.5 Å². The van der Waals surface area contributed by atoms with E-state index in [1.807, 2.05) is 24.3 Å². The minimum atomic E-state index is 0. The molecule has 0 amide bonds. The molecule has 0 atom stereocenters. The molecule has 2 aliphatic rings. The van der Waals surface area contributed by atoms with Crippen molar-refractivity contribution >= 4 is 17.6 Å². The molecule has 0 fully saturated rings. The minimum Gasteiger partial charge on any atom is -1.00 e. The Bertz CT molecular complexity index is 1570. The van der Waals surface area contributed by atoms with Gasteiger partial charge >= 0.3 is 0 Å². The number of benzene rings is 3. The predicted molar refractivity (Wildman–Crippen MR) is 153 cm³/mol. The van der Waals surface area contributed by atoms with Crippen molar-refractivity contribution < 1.29 is 31.1 Å². The SMILES string of the molecule is Cc1cc2c(cc1C)C(=O)/C(=C/c1cc[n+](Cc3ccccc3)cc1)C2.Cc1cc2c(cc1C)C(=O)CC2.[Br-]. The van der Waals surface area contributed by atoms with Gasteiger partial charge in [-0.15, -0.1) is 0 Å². The first-order valence-corrected chi connectivity index (χ1v) is 13.3. The van der Waals surface area contributed by atoms with Gasteiger partial charge in [0.1, 0.15) is 0 Å². The number of carbonyl (C=O) groups excluding carboxylic acids is 2. The summed E-state index contributed by atoms with van der Waals surface area (Å²) in [4.78, 5) is 24.0. The maximum absolute atomic E-state index is 12.7. The number of rotatable bonds is 3. The molecule has 0 saturated heterocycles. The zero-order chi connectivity index (χ0) is 26.8. The number of allylic oxidation sites excluding steroid dienone is 1. The van der Waals surface area contributed by atoms with Crippen LogP contribution in [0.4, 0.5) is 0 Å². The minimum absolute atomic E-state index is 0. The highest BCUT2D eigenvalue weighted by Gasteiger charge is 2.25.